The smallest absolute Gasteiger partial charge is 0.225 e. The molecule has 0 heterocycles. The van der Waals surface area contributed by atoms with E-state index in [4.69, 9.17) is 10.3 Å². The fraction of sp³-hybridized carbons (Fsp3) is 0.333. The minimum absolute atomic E-state index is 0.466. The van der Waals surface area contributed by atoms with Crippen molar-refractivity contribution >= 4 is 20.0 Å². The van der Waals surface area contributed by atoms with Crippen LogP contribution in [0, 0.1) is 13.8 Å². The maximum atomic E-state index is 12.9. The van der Waals surface area contributed by atoms with E-state index in [-0.39, 0.29) is 0 Å². The molecule has 4 N–H and O–H groups in total. The first kappa shape index (κ1) is 16.9. The van der Waals surface area contributed by atoms with E-state index in [1.807, 2.05) is 0 Å². The molecule has 6 nitrogen and oxygen atoms in total. The van der Waals surface area contributed by atoms with Crippen LogP contribution in [-0.4, -0.2) is 16.8 Å². The third kappa shape index (κ3) is 3.11. The molecule has 0 aromatic heterocycles. The molecule has 1 aromatic carbocycles. The van der Waals surface area contributed by atoms with E-state index in [0.29, 0.717) is 6.07 Å². The summed E-state index contributed by atoms with van der Waals surface area (Å²) in [6.45, 7) is 1.82. The van der Waals surface area contributed by atoms with Gasteiger partial charge in [-0.25, -0.2) is 27.1 Å². The van der Waals surface area contributed by atoms with Crippen LogP contribution in [0.3, 0.4) is 0 Å². The topological polar surface area (TPSA) is 120 Å². The molecule has 20 heavy (non-hydrogen) atoms. The third-order valence-corrected chi connectivity index (χ3v) is 4.72. The van der Waals surface area contributed by atoms with Gasteiger partial charge in [-0.3, -0.25) is 0 Å². The highest BCUT2D eigenvalue weighted by Crippen LogP contribution is 2.38. The first-order valence-electron chi connectivity index (χ1n) is 4.94. The molecule has 0 spiro atoms. The predicted molar refractivity (Wildman–Crippen MR) is 63.7 cm³/mol. The highest BCUT2D eigenvalue weighted by molar-refractivity contribution is 7.92. The van der Waals surface area contributed by atoms with Gasteiger partial charge < -0.3 is 0 Å². The average Bonchev–Trinajstić information content (AvgIpc) is 2.09. The number of nitrogens with two attached hydrogens (primary N) is 2. The van der Waals surface area contributed by atoms with Gasteiger partial charge >= 0.3 is 6.18 Å². The lowest BCUT2D eigenvalue weighted by Crippen LogP contribution is -2.24. The highest BCUT2D eigenvalue weighted by Gasteiger charge is 2.38. The van der Waals surface area contributed by atoms with Crippen molar-refractivity contribution in [1.82, 2.24) is 0 Å². The van der Waals surface area contributed by atoms with Gasteiger partial charge in [-0.2, -0.15) is 13.2 Å². The molecule has 0 saturated heterocycles. The highest BCUT2D eigenvalue weighted by atomic mass is 32.2. The SMILES string of the molecule is Cc1cc(S(N)(=O)=O)c(S(N)(=O)=O)c(C)c1C(F)(F)F. The van der Waals surface area contributed by atoms with Gasteiger partial charge in [0, 0.05) is 0 Å². The van der Waals surface area contributed by atoms with E-state index in [1.165, 1.54) is 0 Å². The van der Waals surface area contributed by atoms with Crippen LogP contribution in [0.15, 0.2) is 15.9 Å². The van der Waals surface area contributed by atoms with Crippen molar-refractivity contribution in [2.45, 2.75) is 29.8 Å². The summed E-state index contributed by atoms with van der Waals surface area (Å²) in [7, 11) is -9.26. The Morgan fingerprint density at radius 3 is 1.75 bits per heavy atom. The summed E-state index contributed by atoms with van der Waals surface area (Å²) >= 11 is 0. The molecule has 114 valence electrons. The molecule has 0 radical (unpaired) electrons. The number of alkyl halides is 3. The zero-order chi connectivity index (χ0) is 16.1. The van der Waals surface area contributed by atoms with Crippen LogP contribution in [0.25, 0.3) is 0 Å². The Morgan fingerprint density at radius 2 is 1.45 bits per heavy atom. The van der Waals surface area contributed by atoms with Crippen molar-refractivity contribution < 1.29 is 30.0 Å². The molecule has 0 amide bonds. The summed E-state index contributed by atoms with van der Waals surface area (Å²) in [4.78, 5) is -2.10. The molecule has 11 heteroatoms. The Bertz CT molecular complexity index is 767. The molecule has 1 aromatic rings. The van der Waals surface area contributed by atoms with E-state index >= 15 is 0 Å². The fourth-order valence-corrected chi connectivity index (χ4v) is 4.25. The summed E-state index contributed by atoms with van der Waals surface area (Å²) in [5, 5.41) is 9.62. The Morgan fingerprint density at radius 1 is 1.00 bits per heavy atom. The van der Waals surface area contributed by atoms with Gasteiger partial charge in [0.25, 0.3) is 0 Å². The second kappa shape index (κ2) is 4.69. The van der Waals surface area contributed by atoms with Gasteiger partial charge in [0.1, 0.15) is 9.79 Å². The maximum absolute atomic E-state index is 12.9. The van der Waals surface area contributed by atoms with Gasteiger partial charge in [0.15, 0.2) is 0 Å². The summed E-state index contributed by atoms with van der Waals surface area (Å²) in [6.07, 6.45) is -4.86. The van der Waals surface area contributed by atoms with E-state index in [2.05, 4.69) is 0 Å². The molecule has 0 aliphatic rings. The maximum Gasteiger partial charge on any atom is 0.416 e. The minimum Gasteiger partial charge on any atom is -0.225 e. The van der Waals surface area contributed by atoms with E-state index in [0.717, 1.165) is 13.8 Å². The van der Waals surface area contributed by atoms with Gasteiger partial charge in [-0.15, -0.1) is 0 Å². The molecule has 0 aliphatic carbocycles. The second-order valence-corrected chi connectivity index (χ2v) is 7.14. The van der Waals surface area contributed by atoms with Crippen LogP contribution < -0.4 is 10.3 Å². The zero-order valence-corrected chi connectivity index (χ0v) is 11.9. The number of hydrogen-bond donors (Lipinski definition) is 2. The molecule has 0 atom stereocenters. The summed E-state index contributed by atoms with van der Waals surface area (Å²) < 4.78 is 84.2. The first-order valence-corrected chi connectivity index (χ1v) is 8.03. The van der Waals surface area contributed by atoms with E-state index in [9.17, 15) is 30.0 Å². The van der Waals surface area contributed by atoms with Crippen molar-refractivity contribution in [3.8, 4) is 0 Å². The third-order valence-electron chi connectivity index (χ3n) is 2.56. The second-order valence-electron chi connectivity index (χ2n) is 4.11. The van der Waals surface area contributed by atoms with Gasteiger partial charge in [0.2, 0.25) is 20.0 Å². The van der Waals surface area contributed by atoms with Crippen LogP contribution in [0.2, 0.25) is 0 Å². The normalized spacial score (nSPS) is 13.6. The minimum atomic E-state index is -4.86. The van der Waals surface area contributed by atoms with Crippen molar-refractivity contribution in [1.29, 1.82) is 0 Å². The van der Waals surface area contributed by atoms with Crippen LogP contribution in [0.5, 0.6) is 0 Å². The molecular formula is C9H11F3N2O4S2. The van der Waals surface area contributed by atoms with Crippen molar-refractivity contribution in [3.05, 3.63) is 22.8 Å². The van der Waals surface area contributed by atoms with Crippen LogP contribution in [-0.2, 0) is 26.2 Å². The van der Waals surface area contributed by atoms with Gasteiger partial charge in [-0.1, -0.05) is 0 Å². The monoisotopic (exact) mass is 332 g/mol. The molecule has 0 aliphatic heterocycles. The van der Waals surface area contributed by atoms with Gasteiger partial charge in [0.05, 0.1) is 5.56 Å². The lowest BCUT2D eigenvalue weighted by molar-refractivity contribution is -0.138. The summed E-state index contributed by atoms with van der Waals surface area (Å²) in [6, 6.07) is 0.547. The summed E-state index contributed by atoms with van der Waals surface area (Å²) in [5.41, 5.74) is -2.52. The van der Waals surface area contributed by atoms with Crippen LogP contribution in [0.1, 0.15) is 16.7 Å². The van der Waals surface area contributed by atoms with Crippen molar-refractivity contribution in [2.24, 2.45) is 10.3 Å². The van der Waals surface area contributed by atoms with Crippen LogP contribution in [0.4, 0.5) is 13.2 Å². The number of halogens is 3. The molecular weight excluding hydrogens is 321 g/mol. The molecule has 1 rings (SSSR count). The Labute approximate surface area is 113 Å². The molecule has 0 saturated carbocycles. The molecule has 0 bridgehead atoms. The Hall–Kier alpha value is -1.17. The standard InChI is InChI=1S/C9H11F3N2O4S2/c1-4-3-6(19(13,15)16)8(20(14,17)18)5(2)7(4)9(10,11)12/h3H,1-2H3,(H2,13,15,16)(H2,14,17,18). The average molecular weight is 332 g/mol. The number of sulfonamides is 2. The predicted octanol–water partition coefficient (Wildman–Crippen LogP) is 0.617. The lowest BCUT2D eigenvalue weighted by Gasteiger charge is -2.18. The number of aryl methyl sites for hydroxylation is 1. The van der Waals surface area contributed by atoms with E-state index in [1.54, 1.807) is 0 Å². The Kier molecular flexibility index (Phi) is 3.96. The summed E-state index contributed by atoms with van der Waals surface area (Å²) in [5.74, 6) is 0. The first-order chi connectivity index (χ1) is 8.67. The Balaban J connectivity index is 4.07. The van der Waals surface area contributed by atoms with Gasteiger partial charge in [-0.05, 0) is 31.0 Å². The number of hydrogen-bond acceptors (Lipinski definition) is 4. The number of primary sulfonamides is 2. The molecule has 0 unspecified atom stereocenters. The zero-order valence-electron chi connectivity index (χ0n) is 10.3. The number of rotatable bonds is 2. The fourth-order valence-electron chi connectivity index (χ4n) is 1.93. The lowest BCUT2D eigenvalue weighted by atomic mass is 10.0. The van der Waals surface area contributed by atoms with E-state index < -0.39 is 52.7 Å². The largest absolute Gasteiger partial charge is 0.416 e. The van der Waals surface area contributed by atoms with Crippen molar-refractivity contribution in [2.75, 3.05) is 0 Å². The number of benzene rings is 1. The molecule has 0 fully saturated rings. The van der Waals surface area contributed by atoms with Crippen molar-refractivity contribution in [3.63, 3.8) is 0 Å². The quantitative estimate of drug-likeness (QED) is 0.824. The van der Waals surface area contributed by atoms with Crippen LogP contribution >= 0.6 is 0 Å².